The van der Waals surface area contributed by atoms with Gasteiger partial charge >= 0.3 is 0 Å². The van der Waals surface area contributed by atoms with Crippen LogP contribution in [0.15, 0.2) is 18.5 Å². The zero-order valence-corrected chi connectivity index (χ0v) is 10.1. The molecule has 0 aliphatic rings. The van der Waals surface area contributed by atoms with Crippen molar-refractivity contribution in [3.05, 3.63) is 18.5 Å². The van der Waals surface area contributed by atoms with Crippen molar-refractivity contribution in [1.82, 2.24) is 4.98 Å². The molecule has 0 saturated carbocycles. The molecule has 15 heavy (non-hydrogen) atoms. The van der Waals surface area contributed by atoms with Gasteiger partial charge in [-0.05, 0) is 25.3 Å². The zero-order valence-electron chi connectivity index (χ0n) is 10.1. The summed E-state index contributed by atoms with van der Waals surface area (Å²) < 4.78 is 0. The minimum atomic E-state index is 0.508. The average molecular weight is 207 g/mol. The van der Waals surface area contributed by atoms with Crippen LogP contribution in [0.5, 0.6) is 0 Å². The lowest BCUT2D eigenvalue weighted by atomic mass is 10.0. The summed E-state index contributed by atoms with van der Waals surface area (Å²) in [5.41, 5.74) is 7.51. The normalized spacial score (nSPS) is 12.9. The van der Waals surface area contributed by atoms with Gasteiger partial charge in [0.2, 0.25) is 0 Å². The molecule has 1 atom stereocenters. The van der Waals surface area contributed by atoms with Crippen LogP contribution in [0.2, 0.25) is 0 Å². The van der Waals surface area contributed by atoms with Gasteiger partial charge < -0.3 is 10.6 Å². The Morgan fingerprint density at radius 3 is 2.53 bits per heavy atom. The van der Waals surface area contributed by atoms with Gasteiger partial charge in [0.1, 0.15) is 0 Å². The highest BCUT2D eigenvalue weighted by Gasteiger charge is 2.11. The van der Waals surface area contributed by atoms with Crippen molar-refractivity contribution in [2.75, 3.05) is 17.7 Å². The summed E-state index contributed by atoms with van der Waals surface area (Å²) in [5, 5.41) is 0. The molecule has 0 spiro atoms. The molecule has 1 unspecified atom stereocenters. The minimum absolute atomic E-state index is 0.508. The topological polar surface area (TPSA) is 42.2 Å². The van der Waals surface area contributed by atoms with Gasteiger partial charge in [-0.25, -0.2) is 0 Å². The second-order valence-corrected chi connectivity index (χ2v) is 4.57. The molecule has 0 bridgehead atoms. The molecule has 1 aromatic heterocycles. The Hall–Kier alpha value is -1.25. The lowest BCUT2D eigenvalue weighted by molar-refractivity contribution is 0.504. The summed E-state index contributed by atoms with van der Waals surface area (Å²) >= 11 is 0. The average Bonchev–Trinajstić information content (AvgIpc) is 2.15. The fourth-order valence-electron chi connectivity index (χ4n) is 1.73. The van der Waals surface area contributed by atoms with Crippen molar-refractivity contribution in [2.24, 2.45) is 5.92 Å². The molecule has 0 saturated heterocycles. The molecule has 2 N–H and O–H groups in total. The van der Waals surface area contributed by atoms with Crippen molar-refractivity contribution in [1.29, 1.82) is 0 Å². The van der Waals surface area contributed by atoms with Crippen LogP contribution in [0.3, 0.4) is 0 Å². The van der Waals surface area contributed by atoms with Gasteiger partial charge in [0.15, 0.2) is 0 Å². The zero-order chi connectivity index (χ0) is 11.4. The van der Waals surface area contributed by atoms with Crippen LogP contribution in [0, 0.1) is 5.92 Å². The molecular weight excluding hydrogens is 186 g/mol. The number of pyridine rings is 1. The maximum atomic E-state index is 5.71. The number of hydrogen-bond acceptors (Lipinski definition) is 3. The van der Waals surface area contributed by atoms with Crippen LogP contribution in [0.25, 0.3) is 0 Å². The summed E-state index contributed by atoms with van der Waals surface area (Å²) in [5.74, 6) is 0.705. The van der Waals surface area contributed by atoms with E-state index in [1.807, 2.05) is 12.3 Å². The lowest BCUT2D eigenvalue weighted by Crippen LogP contribution is -2.30. The summed E-state index contributed by atoms with van der Waals surface area (Å²) in [6, 6.07) is 2.47. The summed E-state index contributed by atoms with van der Waals surface area (Å²) in [6.45, 7) is 6.70. The maximum absolute atomic E-state index is 5.71. The van der Waals surface area contributed by atoms with E-state index in [-0.39, 0.29) is 0 Å². The second kappa shape index (κ2) is 5.01. The fourth-order valence-corrected chi connectivity index (χ4v) is 1.73. The molecule has 1 heterocycles. The molecule has 1 rings (SSSR count). The highest BCUT2D eigenvalue weighted by Crippen LogP contribution is 2.19. The van der Waals surface area contributed by atoms with E-state index in [1.165, 1.54) is 6.42 Å². The van der Waals surface area contributed by atoms with E-state index >= 15 is 0 Å². The SMILES string of the molecule is CC(C)CC(C)N(C)c1cncc(N)c1. The molecule has 0 radical (unpaired) electrons. The highest BCUT2D eigenvalue weighted by molar-refractivity contribution is 5.53. The third-order valence-corrected chi connectivity index (χ3v) is 2.63. The molecule has 0 aliphatic heterocycles. The third-order valence-electron chi connectivity index (χ3n) is 2.63. The summed E-state index contributed by atoms with van der Waals surface area (Å²) in [6.07, 6.45) is 4.70. The van der Waals surface area contributed by atoms with Crippen LogP contribution in [-0.4, -0.2) is 18.1 Å². The van der Waals surface area contributed by atoms with Gasteiger partial charge in [-0.15, -0.1) is 0 Å². The predicted molar refractivity (Wildman–Crippen MR) is 66.0 cm³/mol. The molecule has 84 valence electrons. The molecule has 0 amide bonds. The number of nitrogens with zero attached hydrogens (tertiary/aromatic N) is 2. The quantitative estimate of drug-likeness (QED) is 0.825. The van der Waals surface area contributed by atoms with E-state index in [4.69, 9.17) is 5.73 Å². The van der Waals surface area contributed by atoms with Gasteiger partial charge in [-0.2, -0.15) is 0 Å². The van der Waals surface area contributed by atoms with Crippen LogP contribution in [0.4, 0.5) is 11.4 Å². The number of hydrogen-bond donors (Lipinski definition) is 1. The van der Waals surface area contributed by atoms with E-state index in [0.717, 1.165) is 11.4 Å². The van der Waals surface area contributed by atoms with E-state index < -0.39 is 0 Å². The first-order valence-corrected chi connectivity index (χ1v) is 5.44. The number of aromatic nitrogens is 1. The Bertz CT molecular complexity index is 309. The molecular formula is C12H21N3. The molecule has 3 nitrogen and oxygen atoms in total. The molecule has 0 aliphatic carbocycles. The summed E-state index contributed by atoms with van der Waals surface area (Å²) in [4.78, 5) is 6.33. The first kappa shape index (κ1) is 11.8. The van der Waals surface area contributed by atoms with Gasteiger partial charge in [-0.3, -0.25) is 4.98 Å². The van der Waals surface area contributed by atoms with Crippen LogP contribution in [-0.2, 0) is 0 Å². The minimum Gasteiger partial charge on any atom is -0.397 e. The summed E-state index contributed by atoms with van der Waals surface area (Å²) in [7, 11) is 2.09. The highest BCUT2D eigenvalue weighted by atomic mass is 15.1. The first-order valence-electron chi connectivity index (χ1n) is 5.44. The Morgan fingerprint density at radius 2 is 2.00 bits per heavy atom. The molecule has 1 aromatic rings. The van der Waals surface area contributed by atoms with Crippen LogP contribution < -0.4 is 10.6 Å². The fraction of sp³-hybridized carbons (Fsp3) is 0.583. The van der Waals surface area contributed by atoms with Crippen molar-refractivity contribution in [3.8, 4) is 0 Å². The van der Waals surface area contributed by atoms with Crippen molar-refractivity contribution >= 4 is 11.4 Å². The van der Waals surface area contributed by atoms with Gasteiger partial charge in [0.25, 0.3) is 0 Å². The molecule has 3 heteroatoms. The number of anilines is 2. The smallest absolute Gasteiger partial charge is 0.0573 e. The Morgan fingerprint density at radius 1 is 1.33 bits per heavy atom. The largest absolute Gasteiger partial charge is 0.397 e. The molecule has 0 fully saturated rings. The Kier molecular flexibility index (Phi) is 3.95. The van der Waals surface area contributed by atoms with E-state index in [0.29, 0.717) is 12.0 Å². The third kappa shape index (κ3) is 3.42. The first-order chi connectivity index (χ1) is 7.00. The number of rotatable bonds is 4. The van der Waals surface area contributed by atoms with Gasteiger partial charge in [-0.1, -0.05) is 13.8 Å². The number of nitrogens with two attached hydrogens (primary N) is 1. The van der Waals surface area contributed by atoms with Crippen molar-refractivity contribution in [3.63, 3.8) is 0 Å². The number of nitrogen functional groups attached to an aromatic ring is 1. The van der Waals surface area contributed by atoms with Crippen molar-refractivity contribution < 1.29 is 0 Å². The van der Waals surface area contributed by atoms with E-state index in [1.54, 1.807) is 6.20 Å². The maximum Gasteiger partial charge on any atom is 0.0573 e. The molecule has 0 aromatic carbocycles. The lowest BCUT2D eigenvalue weighted by Gasteiger charge is -2.28. The van der Waals surface area contributed by atoms with E-state index in [2.05, 4.69) is 37.7 Å². The second-order valence-electron chi connectivity index (χ2n) is 4.57. The van der Waals surface area contributed by atoms with Gasteiger partial charge in [0.05, 0.1) is 17.6 Å². The monoisotopic (exact) mass is 207 g/mol. The predicted octanol–water partition coefficient (Wildman–Crippen LogP) is 2.53. The van der Waals surface area contributed by atoms with Crippen molar-refractivity contribution in [2.45, 2.75) is 33.2 Å². The van der Waals surface area contributed by atoms with Crippen LogP contribution >= 0.6 is 0 Å². The van der Waals surface area contributed by atoms with E-state index in [9.17, 15) is 0 Å². The standard InChI is InChI=1S/C12H21N3/c1-9(2)5-10(3)15(4)12-6-11(13)7-14-8-12/h6-10H,5,13H2,1-4H3. The Labute approximate surface area is 92.3 Å². The Balaban J connectivity index is 2.71. The van der Waals surface area contributed by atoms with Gasteiger partial charge in [0, 0.05) is 19.3 Å². The van der Waals surface area contributed by atoms with Crippen LogP contribution in [0.1, 0.15) is 27.2 Å².